The summed E-state index contributed by atoms with van der Waals surface area (Å²) in [6, 6.07) is 142. The Morgan fingerprint density at radius 1 is 0.219 bits per heavy atom. The van der Waals surface area contributed by atoms with Gasteiger partial charge in [-0.05, 0) is 208 Å². The Kier molecular flexibility index (Phi) is 26.6. The van der Waals surface area contributed by atoms with Gasteiger partial charge in [0.05, 0.1) is 11.4 Å². The van der Waals surface area contributed by atoms with Crippen LogP contribution in [0.25, 0.3) is 144 Å². The smallest absolute Gasteiger partial charge is 0.124 e. The van der Waals surface area contributed by atoms with Gasteiger partial charge in [-0.25, -0.2) is 15.0 Å². The number of aromatic nitrogens is 13. The number of nitrogens with zero attached hydrogens (tertiary/aromatic N) is 21. The van der Waals surface area contributed by atoms with Gasteiger partial charge >= 0.3 is 0 Å². The molecule has 4 aliphatic heterocycles. The van der Waals surface area contributed by atoms with E-state index in [9.17, 15) is 0 Å². The van der Waals surface area contributed by atoms with Crippen molar-refractivity contribution in [1.29, 1.82) is 0 Å². The van der Waals surface area contributed by atoms with E-state index in [0.29, 0.717) is 0 Å². The van der Waals surface area contributed by atoms with E-state index in [1.54, 1.807) is 0 Å². The molecule has 0 spiro atoms. The van der Waals surface area contributed by atoms with Crippen molar-refractivity contribution in [2.45, 2.75) is 27.7 Å². The fourth-order valence-corrected chi connectivity index (χ4v) is 20.2. The summed E-state index contributed by atoms with van der Waals surface area (Å²) < 4.78 is 12.9. The minimum Gasteiger partial charge on any atom is -0.504 e. The maximum absolute atomic E-state index is 4.68. The van der Waals surface area contributed by atoms with Gasteiger partial charge in [0.25, 0.3) is 0 Å². The van der Waals surface area contributed by atoms with E-state index in [0.717, 1.165) is 203 Å². The molecule has 0 N–H and O–H groups in total. The molecule has 0 unspecified atom stereocenters. The molecule has 0 fully saturated rings. The maximum atomic E-state index is 4.68. The van der Waals surface area contributed by atoms with E-state index in [1.165, 1.54) is 32.6 Å². The minimum absolute atomic E-state index is 0. The number of hydrogen-bond donors (Lipinski definition) is 0. The summed E-state index contributed by atoms with van der Waals surface area (Å²) in [7, 11) is 8.18. The third-order valence-corrected chi connectivity index (χ3v) is 26.5. The number of aryl methyl sites for hydroxylation is 4. The Balaban J connectivity index is 0.000000113. The summed E-state index contributed by atoms with van der Waals surface area (Å²) in [6.45, 7) is 16.4. The van der Waals surface area contributed by atoms with E-state index >= 15 is 0 Å². The van der Waals surface area contributed by atoms with E-state index in [2.05, 4.69) is 442 Å². The van der Waals surface area contributed by atoms with Crippen molar-refractivity contribution in [2.24, 2.45) is 0 Å². The van der Waals surface area contributed by atoms with Crippen LogP contribution in [-0.4, -0.2) is 90.9 Å². The van der Waals surface area contributed by atoms with Crippen LogP contribution in [0.5, 0.6) is 0 Å². The second-order valence-electron chi connectivity index (χ2n) is 35.6. The minimum atomic E-state index is 0. The number of rotatable bonds is 12. The van der Waals surface area contributed by atoms with Gasteiger partial charge in [0, 0.05) is 177 Å². The van der Waals surface area contributed by atoms with Crippen molar-refractivity contribution in [3.05, 3.63) is 457 Å². The molecule has 0 saturated heterocycles. The van der Waals surface area contributed by atoms with Gasteiger partial charge in [-0.1, -0.05) is 148 Å². The first-order chi connectivity index (χ1) is 69.7. The van der Waals surface area contributed by atoms with Gasteiger partial charge in [0.15, 0.2) is 0 Å². The summed E-state index contributed by atoms with van der Waals surface area (Å²) in [5.74, 6) is 2.69. The standard InChI is InChI=1S/C31H24N5.C30H23N6.2C30H20N5.4Pt/c1-21-17-22(2)36(32-21)25-10-8-9-24(18-25)35-28-12-5-4-11-26(28)27-16-15-23(19-31(27)35)34-20-33(3)29-13-6-7-14-30(29)34;1-20-16-21(2)36(32-20)24-13-14-26-25-10-4-5-11-27(25)35(29(26)18-24)23-9-6-8-22(17-23)34-19-33(3)28-12-7-15-31-30(28)34;1-33-20-34(30-28(33)13-7-17-32-30)22-8-6-9-23(19-22)35-27-12-3-2-10-24(27)25-15-14-21(18-29(25)35)26-11-4-5-16-31-26;1-33-20-34(30-28(33)13-7-17-32-30)22-14-15-25-24-10-2-3-12-27(24)35(29(25)19-22)23-9-6-8-21(18-23)26-11-4-5-16-31-26;;;;/h4-17,20H,1-3H3;4-16,19H,1-3H3;2*2-17,20H,1H3;;;;/q4*-3;;;;. The Morgan fingerprint density at radius 3 is 0.925 bits per heavy atom. The zero-order valence-electron chi connectivity index (χ0n) is 80.0. The number of pyridine rings is 5. The average Bonchev–Trinajstić information content (AvgIpc) is 1.59. The molecule has 0 saturated carbocycles. The normalized spacial score (nSPS) is 12.8. The molecule has 13 aromatic carbocycles. The molecule has 11 aromatic heterocycles. The molecule has 0 aliphatic carbocycles. The molecular weight excluding hydrogens is 2530 g/mol. The van der Waals surface area contributed by atoms with E-state index in [-0.39, 0.29) is 84.3 Å². The number of anilines is 12. The summed E-state index contributed by atoms with van der Waals surface area (Å²) in [5, 5.41) is 18.7. The number of hydrogen-bond acceptors (Lipinski definition) is 15. The maximum Gasteiger partial charge on any atom is 0.124 e. The Labute approximate surface area is 903 Å². The van der Waals surface area contributed by atoms with Crippen molar-refractivity contribution in [3.63, 3.8) is 0 Å². The van der Waals surface area contributed by atoms with Crippen molar-refractivity contribution in [1.82, 2.24) is 62.7 Å². The Morgan fingerprint density at radius 2 is 0.514 bits per heavy atom. The molecule has 728 valence electrons. The Bertz CT molecular complexity index is 9060. The predicted molar refractivity (Wildman–Crippen MR) is 572 cm³/mol. The molecule has 0 atom stereocenters. The first kappa shape index (κ1) is 96.5. The quantitative estimate of drug-likeness (QED) is 0.107. The van der Waals surface area contributed by atoms with Crippen molar-refractivity contribution < 1.29 is 84.3 Å². The van der Waals surface area contributed by atoms with Gasteiger partial charge in [0.2, 0.25) is 0 Å². The van der Waals surface area contributed by atoms with E-state index in [1.807, 2.05) is 149 Å². The van der Waals surface area contributed by atoms with Gasteiger partial charge in [-0.3, -0.25) is 9.36 Å². The fraction of sp³-hybridized carbons (Fsp3) is 0.0661. The van der Waals surface area contributed by atoms with Crippen LogP contribution in [0.15, 0.2) is 359 Å². The summed E-state index contributed by atoms with van der Waals surface area (Å²) in [6.07, 6.45) is 9.10. The molecule has 4 aliphatic rings. The van der Waals surface area contributed by atoms with Crippen molar-refractivity contribution in [2.75, 3.05) is 67.4 Å². The molecule has 28 rings (SSSR count). The molecule has 21 nitrogen and oxygen atoms in total. The zero-order chi connectivity index (χ0) is 95.5. The van der Waals surface area contributed by atoms with Crippen LogP contribution in [0, 0.1) is 103 Å². The number of benzene rings is 13. The van der Waals surface area contributed by atoms with Crippen LogP contribution in [0.3, 0.4) is 0 Å². The van der Waals surface area contributed by atoms with Crippen LogP contribution in [0.2, 0.25) is 0 Å². The van der Waals surface area contributed by atoms with Crippen LogP contribution in [0.4, 0.5) is 68.6 Å². The molecule has 146 heavy (non-hydrogen) atoms. The Hall–Kier alpha value is -15.6. The molecule has 0 amide bonds. The molecule has 24 aromatic rings. The van der Waals surface area contributed by atoms with E-state index < -0.39 is 0 Å². The van der Waals surface area contributed by atoms with Crippen LogP contribution < -0.4 is 39.2 Å². The van der Waals surface area contributed by atoms with Crippen LogP contribution >= 0.6 is 0 Å². The average molecular weight is 2620 g/mol. The largest absolute Gasteiger partial charge is 0.504 e. The van der Waals surface area contributed by atoms with Crippen molar-refractivity contribution in [3.8, 4) is 56.6 Å². The fourth-order valence-electron chi connectivity index (χ4n) is 20.2. The second kappa shape index (κ2) is 40.2. The zero-order valence-corrected chi connectivity index (χ0v) is 89.1. The summed E-state index contributed by atoms with van der Waals surface area (Å²) in [5.41, 5.74) is 31.3. The van der Waals surface area contributed by atoms with Gasteiger partial charge < -0.3 is 67.4 Å². The molecule has 15 heterocycles. The second-order valence-corrected chi connectivity index (χ2v) is 35.6. The van der Waals surface area contributed by atoms with Gasteiger partial charge in [0.1, 0.15) is 17.5 Å². The SMILES string of the molecule is CN1[CH-]N(c2[c-]c(-n3c4[c-]c(-c5ccccn5)ccc4c4ccccc43)ccc2)c2ncccc21.CN1[CH-]N(c2[c-]c3c(cc2)c2ccccc2n3-c2[c-]c(-c3ccccn3)ccc2)c2ncccc21.Cc1cc(C)n(-c2[c-]c(-n3c4[c-]c(N5[CH-]N(C)c6ccccc65)ccc4c4ccccc43)ccc2)n1.Cc1cc(C)n(-c2[c-]c3c(cc2)c2ccccc2n3-c2[c-]c(N3[CH-]N(C)c4cccnc43)ccc2)n1.[Pt].[Pt].[Pt].[Pt]. The third-order valence-electron chi connectivity index (χ3n) is 26.5. The number of para-hydroxylation sites is 6. The first-order valence-electron chi connectivity index (χ1n) is 47.0. The third kappa shape index (κ3) is 17.2. The topological polar surface area (TPSA) is 146 Å². The van der Waals surface area contributed by atoms with E-state index in [4.69, 9.17) is 0 Å². The molecule has 0 radical (unpaired) electrons. The molecule has 25 heteroatoms. The molecular formula is C121H87N21Pt4-12. The van der Waals surface area contributed by atoms with Crippen LogP contribution in [0.1, 0.15) is 22.8 Å². The molecule has 0 bridgehead atoms. The monoisotopic (exact) mass is 2610 g/mol. The van der Waals surface area contributed by atoms with Crippen LogP contribution in [-0.2, 0) is 84.3 Å². The summed E-state index contributed by atoms with van der Waals surface area (Å²) >= 11 is 0. The van der Waals surface area contributed by atoms with Crippen molar-refractivity contribution >= 4 is 156 Å². The van der Waals surface area contributed by atoms with Gasteiger partial charge in [-0.15, -0.1) is 183 Å². The summed E-state index contributed by atoms with van der Waals surface area (Å²) in [4.78, 5) is 39.8. The number of fused-ring (bicyclic) bond motifs is 16. The first-order valence-corrected chi connectivity index (χ1v) is 47.0. The predicted octanol–water partition coefficient (Wildman–Crippen LogP) is 26.3. The van der Waals surface area contributed by atoms with Gasteiger partial charge in [-0.2, -0.15) is 73.3 Å².